The number of nitrogens with one attached hydrogen (secondary N) is 1. The van der Waals surface area contributed by atoms with Gasteiger partial charge in [-0.3, -0.25) is 0 Å². The molecular formula is C9H12ClNO5S2. The second-order valence-electron chi connectivity index (χ2n) is 3.50. The highest BCUT2D eigenvalue weighted by Gasteiger charge is 2.17. The van der Waals surface area contributed by atoms with Gasteiger partial charge in [-0.05, 0) is 23.8 Å². The molecule has 0 aliphatic rings. The Balaban J connectivity index is 3.21. The summed E-state index contributed by atoms with van der Waals surface area (Å²) in [6.07, 6.45) is 0.974. The summed E-state index contributed by atoms with van der Waals surface area (Å²) in [5.41, 5.74) is 0.217. The van der Waals surface area contributed by atoms with Crippen LogP contribution in [0.5, 0.6) is 5.75 Å². The highest BCUT2D eigenvalue weighted by atomic mass is 35.7. The van der Waals surface area contributed by atoms with Crippen LogP contribution < -0.4 is 9.46 Å². The lowest BCUT2D eigenvalue weighted by Crippen LogP contribution is -2.22. The van der Waals surface area contributed by atoms with E-state index in [4.69, 9.17) is 15.4 Å². The zero-order valence-electron chi connectivity index (χ0n) is 9.67. The summed E-state index contributed by atoms with van der Waals surface area (Å²) in [6.45, 7) is -0.183. The third-order valence-corrected chi connectivity index (χ3v) is 4.15. The van der Waals surface area contributed by atoms with Gasteiger partial charge in [-0.1, -0.05) is 0 Å². The predicted octanol–water partition coefficient (Wildman–Crippen LogP) is 0.672. The molecule has 0 saturated heterocycles. The monoisotopic (exact) mass is 313 g/mol. The van der Waals surface area contributed by atoms with Crippen LogP contribution in [0, 0.1) is 0 Å². The molecule has 102 valence electrons. The molecule has 0 fully saturated rings. The van der Waals surface area contributed by atoms with Gasteiger partial charge in [0.05, 0.1) is 18.3 Å². The number of halogens is 1. The van der Waals surface area contributed by atoms with Gasteiger partial charge in [-0.25, -0.2) is 21.6 Å². The van der Waals surface area contributed by atoms with Crippen molar-refractivity contribution < 1.29 is 21.6 Å². The standard InChI is InChI=1S/C9H12ClNO5S2/c1-16-8-3-4-9(18(10,14)15)7(5-8)6-11-17(2,12)13/h3-5,11H,6H2,1-2H3. The molecule has 0 spiro atoms. The van der Waals surface area contributed by atoms with Crippen molar-refractivity contribution in [1.29, 1.82) is 0 Å². The number of hydrogen-bond acceptors (Lipinski definition) is 5. The average molecular weight is 314 g/mol. The lowest BCUT2D eigenvalue weighted by Gasteiger charge is -2.09. The quantitative estimate of drug-likeness (QED) is 0.807. The summed E-state index contributed by atoms with van der Waals surface area (Å²) in [5, 5.41) is 0. The van der Waals surface area contributed by atoms with Crippen LogP contribution in [0.1, 0.15) is 5.56 Å². The SMILES string of the molecule is COc1ccc(S(=O)(=O)Cl)c(CNS(C)(=O)=O)c1. The molecule has 0 saturated carbocycles. The number of rotatable bonds is 5. The van der Waals surface area contributed by atoms with Crippen LogP contribution in [-0.2, 0) is 25.6 Å². The summed E-state index contributed by atoms with van der Waals surface area (Å²) in [6, 6.07) is 4.10. The fourth-order valence-electron chi connectivity index (χ4n) is 1.27. The Kier molecular flexibility index (Phi) is 4.60. The second-order valence-corrected chi connectivity index (χ2v) is 7.87. The normalized spacial score (nSPS) is 12.4. The molecule has 0 aromatic heterocycles. The predicted molar refractivity (Wildman–Crippen MR) is 67.7 cm³/mol. The fourth-order valence-corrected chi connectivity index (χ4v) is 2.81. The lowest BCUT2D eigenvalue weighted by molar-refractivity contribution is 0.413. The molecule has 0 radical (unpaired) electrons. The van der Waals surface area contributed by atoms with Crippen molar-refractivity contribution >= 4 is 29.8 Å². The van der Waals surface area contributed by atoms with E-state index in [0.29, 0.717) is 5.75 Å². The van der Waals surface area contributed by atoms with E-state index in [1.807, 2.05) is 0 Å². The van der Waals surface area contributed by atoms with Crippen molar-refractivity contribution in [3.63, 3.8) is 0 Å². The maximum Gasteiger partial charge on any atom is 0.261 e. The van der Waals surface area contributed by atoms with Crippen LogP contribution in [0.25, 0.3) is 0 Å². The van der Waals surface area contributed by atoms with Gasteiger partial charge in [0.1, 0.15) is 5.75 Å². The zero-order valence-corrected chi connectivity index (χ0v) is 12.1. The summed E-state index contributed by atoms with van der Waals surface area (Å²) < 4.78 is 51.8. The summed E-state index contributed by atoms with van der Waals surface area (Å²) in [7, 11) is -0.699. The largest absolute Gasteiger partial charge is 0.497 e. The van der Waals surface area contributed by atoms with E-state index in [0.717, 1.165) is 6.26 Å². The molecule has 0 aliphatic carbocycles. The van der Waals surface area contributed by atoms with Gasteiger partial charge in [0.15, 0.2) is 0 Å². The Labute approximate surface area is 110 Å². The zero-order chi connectivity index (χ0) is 14.0. The molecule has 0 amide bonds. The maximum atomic E-state index is 11.3. The first kappa shape index (κ1) is 15.2. The molecule has 0 aliphatic heterocycles. The fraction of sp³-hybridized carbons (Fsp3) is 0.333. The first-order valence-electron chi connectivity index (χ1n) is 4.69. The molecule has 9 heteroatoms. The van der Waals surface area contributed by atoms with Crippen LogP contribution in [0.15, 0.2) is 23.1 Å². The highest BCUT2D eigenvalue weighted by Crippen LogP contribution is 2.24. The van der Waals surface area contributed by atoms with E-state index in [2.05, 4.69) is 4.72 Å². The second kappa shape index (κ2) is 5.43. The van der Waals surface area contributed by atoms with Gasteiger partial charge in [0, 0.05) is 17.2 Å². The third-order valence-electron chi connectivity index (χ3n) is 2.06. The molecule has 6 nitrogen and oxygen atoms in total. The van der Waals surface area contributed by atoms with Crippen LogP contribution in [-0.4, -0.2) is 30.2 Å². The van der Waals surface area contributed by atoms with Crippen molar-refractivity contribution in [3.8, 4) is 5.75 Å². The molecule has 0 unspecified atom stereocenters. The first-order valence-corrected chi connectivity index (χ1v) is 8.90. The summed E-state index contributed by atoms with van der Waals surface area (Å²) in [4.78, 5) is -0.152. The first-order chi connectivity index (χ1) is 8.13. The molecule has 1 rings (SSSR count). The van der Waals surface area contributed by atoms with Crippen LogP contribution in [0.2, 0.25) is 0 Å². The Hall–Kier alpha value is -0.830. The Bertz CT molecular complexity index is 639. The van der Waals surface area contributed by atoms with Crippen molar-refractivity contribution in [2.24, 2.45) is 0 Å². The molecule has 0 atom stereocenters. The Morgan fingerprint density at radius 1 is 1.28 bits per heavy atom. The van der Waals surface area contributed by atoms with E-state index >= 15 is 0 Å². The summed E-state index contributed by atoms with van der Waals surface area (Å²) >= 11 is 0. The van der Waals surface area contributed by atoms with Gasteiger partial charge in [-0.15, -0.1) is 0 Å². The topological polar surface area (TPSA) is 89.5 Å². The molecular weight excluding hydrogens is 302 g/mol. The van der Waals surface area contributed by atoms with Gasteiger partial charge >= 0.3 is 0 Å². The van der Waals surface area contributed by atoms with E-state index in [9.17, 15) is 16.8 Å². The van der Waals surface area contributed by atoms with E-state index in [1.54, 1.807) is 0 Å². The number of hydrogen-bond donors (Lipinski definition) is 1. The van der Waals surface area contributed by atoms with Gasteiger partial charge in [-0.2, -0.15) is 0 Å². The van der Waals surface area contributed by atoms with E-state index in [1.165, 1.54) is 25.3 Å². The van der Waals surface area contributed by atoms with Crippen LogP contribution in [0.3, 0.4) is 0 Å². The molecule has 1 aromatic carbocycles. The van der Waals surface area contributed by atoms with Crippen LogP contribution in [0.4, 0.5) is 0 Å². The minimum atomic E-state index is -3.94. The van der Waals surface area contributed by atoms with E-state index < -0.39 is 19.1 Å². The summed E-state index contributed by atoms with van der Waals surface area (Å²) in [5.74, 6) is 0.407. The number of ether oxygens (including phenoxy) is 1. The van der Waals surface area contributed by atoms with Crippen molar-refractivity contribution in [2.75, 3.05) is 13.4 Å². The molecule has 1 N–H and O–H groups in total. The maximum absolute atomic E-state index is 11.3. The molecule has 0 heterocycles. The average Bonchev–Trinajstić information content (AvgIpc) is 2.23. The third kappa shape index (κ3) is 4.45. The number of sulfonamides is 1. The van der Waals surface area contributed by atoms with E-state index in [-0.39, 0.29) is 17.0 Å². The van der Waals surface area contributed by atoms with Gasteiger partial charge in [0.2, 0.25) is 10.0 Å². The lowest BCUT2D eigenvalue weighted by atomic mass is 10.2. The van der Waals surface area contributed by atoms with Crippen molar-refractivity contribution in [1.82, 2.24) is 4.72 Å². The Morgan fingerprint density at radius 2 is 1.89 bits per heavy atom. The highest BCUT2D eigenvalue weighted by molar-refractivity contribution is 8.13. The molecule has 18 heavy (non-hydrogen) atoms. The van der Waals surface area contributed by atoms with Gasteiger partial charge < -0.3 is 4.74 Å². The van der Waals surface area contributed by atoms with Crippen molar-refractivity contribution in [3.05, 3.63) is 23.8 Å². The molecule has 0 bridgehead atoms. The smallest absolute Gasteiger partial charge is 0.261 e. The van der Waals surface area contributed by atoms with Gasteiger partial charge in [0.25, 0.3) is 9.05 Å². The number of methoxy groups -OCH3 is 1. The minimum absolute atomic E-state index is 0.152. The minimum Gasteiger partial charge on any atom is -0.497 e. The van der Waals surface area contributed by atoms with Crippen LogP contribution >= 0.6 is 10.7 Å². The number of benzene rings is 1. The van der Waals surface area contributed by atoms with Crippen molar-refractivity contribution in [2.45, 2.75) is 11.4 Å². The molecule has 1 aromatic rings. The Morgan fingerprint density at radius 3 is 2.33 bits per heavy atom.